The number of ether oxygens (including phenoxy) is 1. The number of nitrogens with zero attached hydrogens (tertiary/aromatic N) is 1. The molecule has 0 radical (unpaired) electrons. The molecule has 2 heterocycles. The maximum atomic E-state index is 13.4. The van der Waals surface area contributed by atoms with Crippen LogP contribution in [0.3, 0.4) is 0 Å². The van der Waals surface area contributed by atoms with Crippen LogP contribution in [0.1, 0.15) is 27.9 Å². The van der Waals surface area contributed by atoms with Gasteiger partial charge < -0.3 is 15.0 Å². The van der Waals surface area contributed by atoms with Crippen molar-refractivity contribution >= 4 is 35.3 Å². The van der Waals surface area contributed by atoms with Crippen molar-refractivity contribution in [2.75, 3.05) is 13.2 Å². The summed E-state index contributed by atoms with van der Waals surface area (Å²) in [5.74, 6) is -0.725. The minimum absolute atomic E-state index is 0.0307. The van der Waals surface area contributed by atoms with Crippen molar-refractivity contribution in [3.63, 3.8) is 0 Å². The van der Waals surface area contributed by atoms with E-state index in [2.05, 4.69) is 11.9 Å². The number of fused-ring (bicyclic) bond motifs is 1. The molecule has 2 fully saturated rings. The topological polar surface area (TPSA) is 75.7 Å². The van der Waals surface area contributed by atoms with Gasteiger partial charge in [-0.3, -0.25) is 14.4 Å². The summed E-state index contributed by atoms with van der Waals surface area (Å²) in [5, 5.41) is 3.46. The van der Waals surface area contributed by atoms with E-state index in [0.29, 0.717) is 23.6 Å². The van der Waals surface area contributed by atoms with Crippen molar-refractivity contribution in [1.29, 1.82) is 0 Å². The molecule has 0 saturated carbocycles. The SMILES string of the molecule is C=Cc1ccc(C(=O)NC(Cc2ccc(Cl)cc2)C(=O)N2CCC3OCC(=O)C32)cc1. The molecule has 0 aromatic heterocycles. The van der Waals surface area contributed by atoms with Crippen molar-refractivity contribution in [2.45, 2.75) is 31.0 Å². The summed E-state index contributed by atoms with van der Waals surface area (Å²) >= 11 is 5.98. The lowest BCUT2D eigenvalue weighted by Gasteiger charge is -2.27. The Morgan fingerprint density at radius 1 is 1.19 bits per heavy atom. The second kappa shape index (κ2) is 9.04. The van der Waals surface area contributed by atoms with E-state index in [0.717, 1.165) is 11.1 Å². The minimum Gasteiger partial charge on any atom is -0.368 e. The van der Waals surface area contributed by atoms with Crippen molar-refractivity contribution in [3.8, 4) is 0 Å². The Hall–Kier alpha value is -2.96. The van der Waals surface area contributed by atoms with Gasteiger partial charge >= 0.3 is 0 Å². The quantitative estimate of drug-likeness (QED) is 0.752. The third-order valence-corrected chi connectivity index (χ3v) is 6.01. The highest BCUT2D eigenvalue weighted by Crippen LogP contribution is 2.28. The average Bonchev–Trinajstić information content (AvgIpc) is 3.37. The lowest BCUT2D eigenvalue weighted by molar-refractivity contribution is -0.138. The molecule has 0 bridgehead atoms. The normalized spacial score (nSPS) is 20.9. The Balaban J connectivity index is 1.56. The fourth-order valence-electron chi connectivity index (χ4n) is 4.11. The molecule has 3 atom stereocenters. The number of hydrogen-bond acceptors (Lipinski definition) is 4. The Morgan fingerprint density at radius 2 is 1.90 bits per heavy atom. The second-order valence-corrected chi connectivity index (χ2v) is 8.20. The summed E-state index contributed by atoms with van der Waals surface area (Å²) in [7, 11) is 0. The molecule has 2 aliphatic heterocycles. The average molecular weight is 439 g/mol. The molecule has 2 aliphatic rings. The summed E-state index contributed by atoms with van der Waals surface area (Å²) in [6.45, 7) is 4.17. The fraction of sp³-hybridized carbons (Fsp3) is 0.292. The number of likely N-dealkylation sites (tertiary alicyclic amines) is 1. The maximum Gasteiger partial charge on any atom is 0.251 e. The summed E-state index contributed by atoms with van der Waals surface area (Å²) in [4.78, 5) is 40.1. The zero-order valence-electron chi connectivity index (χ0n) is 16.9. The monoisotopic (exact) mass is 438 g/mol. The van der Waals surface area contributed by atoms with Crippen LogP contribution in [0.5, 0.6) is 0 Å². The van der Waals surface area contributed by atoms with Gasteiger partial charge in [-0.25, -0.2) is 0 Å². The Morgan fingerprint density at radius 3 is 2.58 bits per heavy atom. The van der Waals surface area contributed by atoms with Crippen LogP contribution in [0, 0.1) is 0 Å². The lowest BCUT2D eigenvalue weighted by atomic mass is 10.0. The Kier molecular flexibility index (Phi) is 6.20. The number of benzene rings is 2. The van der Waals surface area contributed by atoms with Gasteiger partial charge in [-0.05, 0) is 41.8 Å². The van der Waals surface area contributed by atoms with Gasteiger partial charge in [-0.1, -0.05) is 48.5 Å². The van der Waals surface area contributed by atoms with Crippen LogP contribution >= 0.6 is 11.6 Å². The van der Waals surface area contributed by atoms with Crippen LogP contribution < -0.4 is 5.32 Å². The summed E-state index contributed by atoms with van der Waals surface area (Å²) < 4.78 is 5.50. The summed E-state index contributed by atoms with van der Waals surface area (Å²) in [6.07, 6.45) is 2.34. The van der Waals surface area contributed by atoms with Crippen LogP contribution in [0.15, 0.2) is 55.1 Å². The number of ketones is 1. The van der Waals surface area contributed by atoms with Gasteiger partial charge in [0, 0.05) is 23.6 Å². The molecule has 31 heavy (non-hydrogen) atoms. The van der Waals surface area contributed by atoms with E-state index in [1.54, 1.807) is 47.4 Å². The molecule has 2 aromatic rings. The van der Waals surface area contributed by atoms with Crippen LogP contribution in [0.4, 0.5) is 0 Å². The van der Waals surface area contributed by atoms with Crippen molar-refractivity contribution < 1.29 is 19.1 Å². The van der Waals surface area contributed by atoms with Gasteiger partial charge in [0.25, 0.3) is 5.91 Å². The van der Waals surface area contributed by atoms with Gasteiger partial charge in [-0.15, -0.1) is 0 Å². The zero-order chi connectivity index (χ0) is 22.0. The molecular formula is C24H23ClN2O4. The predicted molar refractivity (Wildman–Crippen MR) is 118 cm³/mol. The molecule has 2 saturated heterocycles. The number of hydrogen-bond donors (Lipinski definition) is 1. The minimum atomic E-state index is -0.820. The van der Waals surface area contributed by atoms with Gasteiger partial charge in [0.2, 0.25) is 5.91 Å². The van der Waals surface area contributed by atoms with E-state index in [1.165, 1.54) is 0 Å². The van der Waals surface area contributed by atoms with Gasteiger partial charge in [-0.2, -0.15) is 0 Å². The molecule has 3 unspecified atom stereocenters. The van der Waals surface area contributed by atoms with Gasteiger partial charge in [0.15, 0.2) is 5.78 Å². The van der Waals surface area contributed by atoms with E-state index < -0.39 is 12.1 Å². The number of amides is 2. The number of halogens is 1. The van der Waals surface area contributed by atoms with Crippen LogP contribution in [0.25, 0.3) is 6.08 Å². The first-order valence-corrected chi connectivity index (χ1v) is 10.6. The van der Waals surface area contributed by atoms with Crippen LogP contribution in [-0.2, 0) is 20.7 Å². The summed E-state index contributed by atoms with van der Waals surface area (Å²) in [5.41, 5.74) is 2.20. The molecule has 2 aromatic carbocycles. The molecule has 0 spiro atoms. The van der Waals surface area contributed by atoms with E-state index >= 15 is 0 Å². The highest BCUT2D eigenvalue weighted by atomic mass is 35.5. The van der Waals surface area contributed by atoms with Gasteiger partial charge in [0.1, 0.15) is 18.7 Å². The smallest absolute Gasteiger partial charge is 0.251 e. The second-order valence-electron chi connectivity index (χ2n) is 7.76. The first-order chi connectivity index (χ1) is 15.0. The molecular weight excluding hydrogens is 416 g/mol. The molecule has 0 aliphatic carbocycles. The molecule has 1 N–H and O–H groups in total. The fourth-order valence-corrected chi connectivity index (χ4v) is 4.24. The van der Waals surface area contributed by atoms with Crippen molar-refractivity contribution in [2.24, 2.45) is 0 Å². The Labute approximate surface area is 185 Å². The van der Waals surface area contributed by atoms with E-state index in [-0.39, 0.29) is 36.7 Å². The number of carbonyl (C=O) groups excluding carboxylic acids is 3. The molecule has 6 nitrogen and oxygen atoms in total. The first kappa shape index (κ1) is 21.3. The van der Waals surface area contributed by atoms with E-state index in [4.69, 9.17) is 16.3 Å². The molecule has 2 amide bonds. The van der Waals surface area contributed by atoms with E-state index in [9.17, 15) is 14.4 Å². The zero-order valence-corrected chi connectivity index (χ0v) is 17.7. The largest absolute Gasteiger partial charge is 0.368 e. The number of rotatable bonds is 6. The number of Topliss-reactive ketones (excluding diaryl/α,β-unsaturated/α-hetero) is 1. The van der Waals surface area contributed by atoms with Crippen LogP contribution in [-0.4, -0.2) is 53.8 Å². The highest BCUT2D eigenvalue weighted by Gasteiger charge is 2.48. The standard InChI is InChI=1S/C24H23ClN2O4/c1-2-15-3-7-17(8-4-15)23(29)26-19(13-16-5-9-18(25)10-6-16)24(30)27-12-11-21-22(27)20(28)14-31-21/h2-10,19,21-22H,1,11-14H2,(H,26,29). The van der Waals surface area contributed by atoms with Crippen molar-refractivity contribution in [3.05, 3.63) is 76.8 Å². The Bertz CT molecular complexity index is 1000. The predicted octanol–water partition coefficient (Wildman–Crippen LogP) is 2.89. The summed E-state index contributed by atoms with van der Waals surface area (Å²) in [6, 6.07) is 12.7. The third-order valence-electron chi connectivity index (χ3n) is 5.76. The maximum absolute atomic E-state index is 13.4. The van der Waals surface area contributed by atoms with Gasteiger partial charge in [0.05, 0.1) is 6.10 Å². The number of nitrogens with one attached hydrogen (secondary N) is 1. The van der Waals surface area contributed by atoms with Crippen molar-refractivity contribution in [1.82, 2.24) is 10.2 Å². The molecule has 7 heteroatoms. The molecule has 160 valence electrons. The highest BCUT2D eigenvalue weighted by molar-refractivity contribution is 6.30. The van der Waals surface area contributed by atoms with Crippen LogP contribution in [0.2, 0.25) is 5.02 Å². The third kappa shape index (κ3) is 4.55. The first-order valence-electron chi connectivity index (χ1n) is 10.2. The lowest BCUT2D eigenvalue weighted by Crippen LogP contribution is -2.53. The molecule has 4 rings (SSSR count). The number of carbonyl (C=O) groups is 3. The van der Waals surface area contributed by atoms with E-state index in [1.807, 2.05) is 12.1 Å².